The number of nitriles is 1. The topological polar surface area (TPSA) is 96.6 Å². The monoisotopic (exact) mass is 320 g/mol. The minimum absolute atomic E-state index is 0.162. The quantitative estimate of drug-likeness (QED) is 0.334. The highest BCUT2D eigenvalue weighted by molar-refractivity contribution is 5.93. The Balaban J connectivity index is 2.18. The number of hydrogen-bond donors (Lipinski definition) is 3. The molecule has 0 saturated carbocycles. The number of rotatable bonds is 2. The number of hydroxylamine groups is 2. The molecule has 2 heterocycles. The van der Waals surface area contributed by atoms with Gasteiger partial charge in [0.2, 0.25) is 18.1 Å². The van der Waals surface area contributed by atoms with Gasteiger partial charge in [0.05, 0.1) is 11.6 Å². The van der Waals surface area contributed by atoms with E-state index in [1.807, 2.05) is 27.7 Å². The zero-order valence-corrected chi connectivity index (χ0v) is 13.6. The largest absolute Gasteiger partial charge is 0.350 e. The zero-order chi connectivity index (χ0) is 17.3. The molecule has 1 atom stereocenters. The number of anilines is 1. The summed E-state index contributed by atoms with van der Waals surface area (Å²) in [5.41, 5.74) is -0.993. The molecule has 1 aromatic rings. The fraction of sp³-hybridized carbons (Fsp3) is 0.533. The minimum Gasteiger partial charge on any atom is -0.350 e. The van der Waals surface area contributed by atoms with E-state index in [9.17, 15) is 9.60 Å². The van der Waals surface area contributed by atoms with Crippen LogP contribution >= 0.6 is 0 Å². The predicted molar refractivity (Wildman–Crippen MR) is 84.2 cm³/mol. The van der Waals surface area contributed by atoms with E-state index >= 15 is 0 Å². The molecule has 23 heavy (non-hydrogen) atoms. The lowest BCUT2D eigenvalue weighted by Gasteiger charge is -2.36. The number of aromatic nitrogens is 1. The van der Waals surface area contributed by atoms with E-state index in [0.717, 1.165) is 0 Å². The molecule has 1 saturated heterocycles. The van der Waals surface area contributed by atoms with Gasteiger partial charge in [-0.3, -0.25) is 0 Å². The van der Waals surface area contributed by atoms with Crippen molar-refractivity contribution in [1.82, 2.24) is 15.4 Å². The normalized spacial score (nSPS) is 23.3. The SMILES string of the molecule is CC1(C)CC(NC(=NC#N)Nc2cccc(F)n2)C(C)(C)N1O. The second-order valence-electron chi connectivity index (χ2n) is 6.71. The van der Waals surface area contributed by atoms with Crippen LogP contribution in [0.2, 0.25) is 0 Å². The maximum atomic E-state index is 13.2. The molecule has 0 aromatic carbocycles. The van der Waals surface area contributed by atoms with Crippen LogP contribution in [0.5, 0.6) is 0 Å². The summed E-state index contributed by atoms with van der Waals surface area (Å²) >= 11 is 0. The lowest BCUT2D eigenvalue weighted by atomic mass is 9.94. The second kappa shape index (κ2) is 6.10. The molecule has 0 aliphatic carbocycles. The average molecular weight is 320 g/mol. The molecule has 8 heteroatoms. The summed E-state index contributed by atoms with van der Waals surface area (Å²) in [6.45, 7) is 7.64. The Kier molecular flexibility index (Phi) is 4.54. The van der Waals surface area contributed by atoms with Crippen LogP contribution in [0, 0.1) is 17.4 Å². The number of aliphatic imine (C=N–C) groups is 1. The standard InChI is InChI=1S/C15H21FN6O/c1-14(2)8-10(15(3,4)22(14)23)19-13(18-9-17)21-12-7-5-6-11(16)20-12/h5-7,10,23H,8H2,1-4H3,(H2,18,19,20,21). The Morgan fingerprint density at radius 3 is 2.70 bits per heavy atom. The fourth-order valence-corrected chi connectivity index (χ4v) is 2.90. The highest BCUT2D eigenvalue weighted by atomic mass is 19.1. The average Bonchev–Trinajstić information content (AvgIpc) is 2.59. The molecular weight excluding hydrogens is 299 g/mol. The van der Waals surface area contributed by atoms with Crippen LogP contribution < -0.4 is 10.6 Å². The molecular formula is C15H21FN6O. The molecule has 0 spiro atoms. The third-order valence-corrected chi connectivity index (χ3v) is 4.11. The van der Waals surface area contributed by atoms with Gasteiger partial charge in [-0.15, -0.1) is 4.99 Å². The summed E-state index contributed by atoms with van der Waals surface area (Å²) in [7, 11) is 0. The molecule has 3 N–H and O–H groups in total. The highest BCUT2D eigenvalue weighted by Gasteiger charge is 2.51. The predicted octanol–water partition coefficient (Wildman–Crippen LogP) is 2.08. The third kappa shape index (κ3) is 3.57. The van der Waals surface area contributed by atoms with E-state index in [0.29, 0.717) is 6.42 Å². The Morgan fingerprint density at radius 1 is 1.48 bits per heavy atom. The summed E-state index contributed by atoms with van der Waals surface area (Å²) in [6, 6.07) is 4.13. The number of pyridine rings is 1. The number of nitrogens with zero attached hydrogens (tertiary/aromatic N) is 4. The minimum atomic E-state index is -0.629. The summed E-state index contributed by atoms with van der Waals surface area (Å²) in [6.07, 6.45) is 2.34. The van der Waals surface area contributed by atoms with Gasteiger partial charge in [-0.25, -0.2) is 4.98 Å². The zero-order valence-electron chi connectivity index (χ0n) is 13.6. The third-order valence-electron chi connectivity index (χ3n) is 4.11. The Labute approximate surface area is 134 Å². The molecule has 124 valence electrons. The van der Waals surface area contributed by atoms with Gasteiger partial charge >= 0.3 is 0 Å². The van der Waals surface area contributed by atoms with Gasteiger partial charge in [-0.2, -0.15) is 14.7 Å². The van der Waals surface area contributed by atoms with Gasteiger partial charge in [-0.05, 0) is 46.2 Å². The van der Waals surface area contributed by atoms with E-state index in [1.165, 1.54) is 17.2 Å². The molecule has 2 rings (SSSR count). The van der Waals surface area contributed by atoms with Crippen LogP contribution in [-0.4, -0.2) is 38.3 Å². The lowest BCUT2D eigenvalue weighted by molar-refractivity contribution is -0.193. The van der Waals surface area contributed by atoms with Crippen LogP contribution in [0.25, 0.3) is 0 Å². The smallest absolute Gasteiger partial charge is 0.214 e. The van der Waals surface area contributed by atoms with Gasteiger partial charge < -0.3 is 15.8 Å². The Morgan fingerprint density at radius 2 is 2.17 bits per heavy atom. The summed E-state index contributed by atoms with van der Waals surface area (Å²) < 4.78 is 13.2. The first-order chi connectivity index (χ1) is 10.7. The van der Waals surface area contributed by atoms with Gasteiger partial charge in [-0.1, -0.05) is 6.07 Å². The van der Waals surface area contributed by atoms with Crippen molar-refractivity contribution < 1.29 is 9.60 Å². The van der Waals surface area contributed by atoms with Crippen LogP contribution in [0.3, 0.4) is 0 Å². The summed E-state index contributed by atoms with van der Waals surface area (Å²) in [4.78, 5) is 7.37. The first kappa shape index (κ1) is 17.1. The number of halogens is 1. The van der Waals surface area contributed by atoms with Crippen molar-refractivity contribution in [3.05, 3.63) is 24.1 Å². The summed E-state index contributed by atoms with van der Waals surface area (Å²) in [5.74, 6) is -0.229. The van der Waals surface area contributed by atoms with Crippen molar-refractivity contribution in [2.75, 3.05) is 5.32 Å². The number of guanidine groups is 1. The molecule has 1 aromatic heterocycles. The van der Waals surface area contributed by atoms with Crippen molar-refractivity contribution in [2.45, 2.75) is 51.2 Å². The second-order valence-corrected chi connectivity index (χ2v) is 6.71. The molecule has 1 fully saturated rings. The summed E-state index contributed by atoms with van der Waals surface area (Å²) in [5, 5.41) is 26.4. The van der Waals surface area contributed by atoms with Gasteiger partial charge in [0.1, 0.15) is 5.82 Å². The molecule has 7 nitrogen and oxygen atoms in total. The van der Waals surface area contributed by atoms with Gasteiger partial charge in [0.25, 0.3) is 0 Å². The van der Waals surface area contributed by atoms with Crippen LogP contribution in [-0.2, 0) is 0 Å². The first-order valence-corrected chi connectivity index (χ1v) is 7.29. The highest BCUT2D eigenvalue weighted by Crippen LogP contribution is 2.38. The molecule has 0 amide bonds. The van der Waals surface area contributed by atoms with Crippen molar-refractivity contribution in [3.63, 3.8) is 0 Å². The Hall–Kier alpha value is -2.24. The van der Waals surface area contributed by atoms with Crippen molar-refractivity contribution in [2.24, 2.45) is 4.99 Å². The van der Waals surface area contributed by atoms with E-state index in [1.54, 1.807) is 12.3 Å². The van der Waals surface area contributed by atoms with E-state index < -0.39 is 17.0 Å². The Bertz CT molecular complexity index is 652. The molecule has 1 unspecified atom stereocenters. The lowest BCUT2D eigenvalue weighted by Crippen LogP contribution is -2.54. The number of nitrogens with one attached hydrogen (secondary N) is 2. The van der Waals surface area contributed by atoms with E-state index in [4.69, 9.17) is 5.26 Å². The van der Waals surface area contributed by atoms with E-state index in [2.05, 4.69) is 20.6 Å². The molecule has 1 aliphatic heterocycles. The van der Waals surface area contributed by atoms with Crippen LogP contribution in [0.1, 0.15) is 34.1 Å². The molecule has 0 radical (unpaired) electrons. The van der Waals surface area contributed by atoms with Gasteiger partial charge in [0, 0.05) is 5.54 Å². The molecule has 0 bridgehead atoms. The van der Waals surface area contributed by atoms with Crippen molar-refractivity contribution >= 4 is 11.8 Å². The van der Waals surface area contributed by atoms with Crippen LogP contribution in [0.15, 0.2) is 23.2 Å². The maximum absolute atomic E-state index is 13.2. The van der Waals surface area contributed by atoms with E-state index in [-0.39, 0.29) is 17.8 Å². The first-order valence-electron chi connectivity index (χ1n) is 7.29. The number of hydrogen-bond acceptors (Lipinski definition) is 5. The van der Waals surface area contributed by atoms with Crippen LogP contribution in [0.4, 0.5) is 10.2 Å². The molecule has 1 aliphatic rings. The van der Waals surface area contributed by atoms with Crippen molar-refractivity contribution in [3.8, 4) is 6.19 Å². The van der Waals surface area contributed by atoms with Crippen molar-refractivity contribution in [1.29, 1.82) is 5.26 Å². The fourth-order valence-electron chi connectivity index (χ4n) is 2.90. The van der Waals surface area contributed by atoms with Gasteiger partial charge in [0.15, 0.2) is 0 Å². The maximum Gasteiger partial charge on any atom is 0.214 e.